The Morgan fingerprint density at radius 1 is 1.12 bits per heavy atom. The van der Waals surface area contributed by atoms with E-state index < -0.39 is 0 Å². The molecule has 1 aliphatic heterocycles. The maximum atomic E-state index is 12.6. The Balaban J connectivity index is 1.36. The number of piperazine rings is 1. The second-order valence-electron chi connectivity index (χ2n) is 7.99. The van der Waals surface area contributed by atoms with Crippen LogP contribution in [0.5, 0.6) is 5.75 Å². The van der Waals surface area contributed by atoms with Crippen LogP contribution in [0.4, 0.5) is 11.4 Å². The first-order valence-electron chi connectivity index (χ1n) is 10.9. The van der Waals surface area contributed by atoms with Gasteiger partial charge in [0.15, 0.2) is 0 Å². The number of aromatic nitrogens is 1. The first-order valence-corrected chi connectivity index (χ1v) is 11.3. The molecule has 1 aromatic heterocycles. The highest BCUT2D eigenvalue weighted by Gasteiger charge is 2.18. The summed E-state index contributed by atoms with van der Waals surface area (Å²) in [4.78, 5) is 21.3. The molecule has 0 atom stereocenters. The standard InChI is InChI=1S/C26H27ClN4O2/c1-30-13-15-31(16-14-30)25-10-7-22(27)17-24(25)29-26(32)11-6-20-4-8-23(9-5-20)33-19-21-3-2-12-28-18-21/h2-12,17-18H,13-16,19H2,1H3,(H,29,32). The summed E-state index contributed by atoms with van der Waals surface area (Å²) in [7, 11) is 2.12. The molecule has 33 heavy (non-hydrogen) atoms. The molecule has 1 fully saturated rings. The van der Waals surface area contributed by atoms with Gasteiger partial charge in [-0.2, -0.15) is 0 Å². The van der Waals surface area contributed by atoms with Gasteiger partial charge in [-0.3, -0.25) is 9.78 Å². The van der Waals surface area contributed by atoms with E-state index >= 15 is 0 Å². The third-order valence-electron chi connectivity index (χ3n) is 5.50. The van der Waals surface area contributed by atoms with E-state index in [1.165, 1.54) is 6.08 Å². The van der Waals surface area contributed by atoms with Crippen molar-refractivity contribution in [1.29, 1.82) is 0 Å². The normalized spacial score (nSPS) is 14.4. The monoisotopic (exact) mass is 462 g/mol. The molecular formula is C26H27ClN4O2. The average molecular weight is 463 g/mol. The lowest BCUT2D eigenvalue weighted by Crippen LogP contribution is -2.44. The average Bonchev–Trinajstić information content (AvgIpc) is 2.84. The van der Waals surface area contributed by atoms with E-state index in [0.29, 0.717) is 11.6 Å². The maximum Gasteiger partial charge on any atom is 0.248 e. The van der Waals surface area contributed by atoms with Gasteiger partial charge in [0.1, 0.15) is 12.4 Å². The maximum absolute atomic E-state index is 12.6. The van der Waals surface area contributed by atoms with Crippen molar-refractivity contribution in [3.8, 4) is 5.75 Å². The highest BCUT2D eigenvalue weighted by atomic mass is 35.5. The van der Waals surface area contributed by atoms with Crippen molar-refractivity contribution in [3.05, 3.63) is 89.2 Å². The second kappa shape index (κ2) is 11.0. The minimum atomic E-state index is -0.204. The molecule has 0 saturated carbocycles. The van der Waals surface area contributed by atoms with Crippen LogP contribution < -0.4 is 15.0 Å². The van der Waals surface area contributed by atoms with Crippen molar-refractivity contribution >= 4 is 35.0 Å². The van der Waals surface area contributed by atoms with Crippen molar-refractivity contribution < 1.29 is 9.53 Å². The number of carbonyl (C=O) groups excluding carboxylic acids is 1. The Labute approximate surface area is 199 Å². The number of benzene rings is 2. The molecule has 4 rings (SSSR count). The van der Waals surface area contributed by atoms with Crippen LogP contribution in [0.1, 0.15) is 11.1 Å². The summed E-state index contributed by atoms with van der Waals surface area (Å²) in [5, 5.41) is 3.58. The van der Waals surface area contributed by atoms with Gasteiger partial charge in [-0.05, 0) is 55.1 Å². The third kappa shape index (κ3) is 6.57. The fourth-order valence-electron chi connectivity index (χ4n) is 3.60. The zero-order valence-corrected chi connectivity index (χ0v) is 19.3. The fourth-order valence-corrected chi connectivity index (χ4v) is 3.78. The largest absolute Gasteiger partial charge is 0.489 e. The van der Waals surface area contributed by atoms with Crippen LogP contribution in [-0.4, -0.2) is 49.0 Å². The van der Waals surface area contributed by atoms with Crippen molar-refractivity contribution in [2.24, 2.45) is 0 Å². The molecule has 170 valence electrons. The molecular weight excluding hydrogens is 436 g/mol. The van der Waals surface area contributed by atoms with Crippen LogP contribution in [0, 0.1) is 0 Å². The summed E-state index contributed by atoms with van der Waals surface area (Å²) in [6.07, 6.45) is 6.83. The number of nitrogens with zero attached hydrogens (tertiary/aromatic N) is 3. The predicted octanol–water partition coefficient (Wildman–Crippen LogP) is 4.72. The molecule has 3 aromatic rings. The van der Waals surface area contributed by atoms with Crippen LogP contribution in [0.3, 0.4) is 0 Å². The Hall–Kier alpha value is -3.35. The number of hydrogen-bond donors (Lipinski definition) is 1. The number of hydrogen-bond acceptors (Lipinski definition) is 5. The van der Waals surface area contributed by atoms with E-state index in [2.05, 4.69) is 27.1 Å². The van der Waals surface area contributed by atoms with Crippen LogP contribution in [0.15, 0.2) is 73.1 Å². The molecule has 0 radical (unpaired) electrons. The van der Waals surface area contributed by atoms with Gasteiger partial charge < -0.3 is 19.9 Å². The first-order chi connectivity index (χ1) is 16.1. The van der Waals surface area contributed by atoms with E-state index in [-0.39, 0.29) is 5.91 Å². The number of ether oxygens (including phenoxy) is 1. The minimum Gasteiger partial charge on any atom is -0.489 e. The predicted molar refractivity (Wildman–Crippen MR) is 134 cm³/mol. The Morgan fingerprint density at radius 2 is 1.91 bits per heavy atom. The Kier molecular flexibility index (Phi) is 7.60. The number of carbonyl (C=O) groups is 1. The number of anilines is 2. The number of rotatable bonds is 7. The molecule has 0 unspecified atom stereocenters. The molecule has 0 bridgehead atoms. The molecule has 1 amide bonds. The molecule has 7 heteroatoms. The lowest BCUT2D eigenvalue weighted by atomic mass is 10.2. The van der Waals surface area contributed by atoms with Crippen molar-refractivity contribution in [2.75, 3.05) is 43.4 Å². The van der Waals surface area contributed by atoms with Gasteiger partial charge in [-0.25, -0.2) is 0 Å². The lowest BCUT2D eigenvalue weighted by molar-refractivity contribution is -0.111. The number of likely N-dealkylation sites (N-methyl/N-ethyl adjacent to an activating group) is 1. The van der Waals surface area contributed by atoms with Gasteiger partial charge in [0, 0.05) is 55.2 Å². The van der Waals surface area contributed by atoms with Crippen LogP contribution in [-0.2, 0) is 11.4 Å². The molecule has 0 spiro atoms. The van der Waals surface area contributed by atoms with E-state index in [9.17, 15) is 4.79 Å². The highest BCUT2D eigenvalue weighted by molar-refractivity contribution is 6.31. The zero-order chi connectivity index (χ0) is 23.0. The second-order valence-corrected chi connectivity index (χ2v) is 8.43. The third-order valence-corrected chi connectivity index (χ3v) is 5.73. The summed E-state index contributed by atoms with van der Waals surface area (Å²) in [6, 6.07) is 17.1. The molecule has 0 aliphatic carbocycles. The Bertz CT molecular complexity index is 1100. The van der Waals surface area contributed by atoms with E-state index in [1.807, 2.05) is 48.5 Å². The quantitative estimate of drug-likeness (QED) is 0.515. The summed E-state index contributed by atoms with van der Waals surface area (Å²) >= 11 is 6.20. The van der Waals surface area contributed by atoms with Crippen molar-refractivity contribution in [3.63, 3.8) is 0 Å². The van der Waals surface area contributed by atoms with Crippen LogP contribution in [0.25, 0.3) is 6.08 Å². The van der Waals surface area contributed by atoms with E-state index in [0.717, 1.165) is 54.4 Å². The number of amides is 1. The highest BCUT2D eigenvalue weighted by Crippen LogP contribution is 2.30. The molecule has 1 aliphatic rings. The van der Waals surface area contributed by atoms with Crippen molar-refractivity contribution in [1.82, 2.24) is 9.88 Å². The Morgan fingerprint density at radius 3 is 2.64 bits per heavy atom. The number of nitrogens with one attached hydrogen (secondary N) is 1. The van der Waals surface area contributed by atoms with Crippen LogP contribution >= 0.6 is 11.6 Å². The van der Waals surface area contributed by atoms with Gasteiger partial charge in [0.05, 0.1) is 11.4 Å². The minimum absolute atomic E-state index is 0.204. The zero-order valence-electron chi connectivity index (χ0n) is 18.6. The molecule has 1 saturated heterocycles. The summed E-state index contributed by atoms with van der Waals surface area (Å²) < 4.78 is 5.78. The van der Waals surface area contributed by atoms with Gasteiger partial charge in [-0.15, -0.1) is 0 Å². The number of pyridine rings is 1. The summed E-state index contributed by atoms with van der Waals surface area (Å²) in [6.45, 7) is 4.24. The topological polar surface area (TPSA) is 57.7 Å². The number of halogens is 1. The SMILES string of the molecule is CN1CCN(c2ccc(Cl)cc2NC(=O)C=Cc2ccc(OCc3cccnc3)cc2)CC1. The van der Waals surface area contributed by atoms with Gasteiger partial charge in [0.25, 0.3) is 0 Å². The van der Waals surface area contributed by atoms with Gasteiger partial charge in [0.2, 0.25) is 5.91 Å². The molecule has 2 aromatic carbocycles. The van der Waals surface area contributed by atoms with E-state index in [1.54, 1.807) is 24.5 Å². The smallest absolute Gasteiger partial charge is 0.248 e. The first kappa shape index (κ1) is 22.8. The molecule has 6 nitrogen and oxygen atoms in total. The van der Waals surface area contributed by atoms with E-state index in [4.69, 9.17) is 16.3 Å². The van der Waals surface area contributed by atoms with Crippen LogP contribution in [0.2, 0.25) is 5.02 Å². The van der Waals surface area contributed by atoms with Crippen molar-refractivity contribution in [2.45, 2.75) is 6.61 Å². The summed E-state index contributed by atoms with van der Waals surface area (Å²) in [5.74, 6) is 0.556. The lowest BCUT2D eigenvalue weighted by Gasteiger charge is -2.35. The molecule has 2 heterocycles. The summed E-state index contributed by atoms with van der Waals surface area (Å²) in [5.41, 5.74) is 3.63. The molecule has 1 N–H and O–H groups in total. The fraction of sp³-hybridized carbons (Fsp3) is 0.231. The van der Waals surface area contributed by atoms with Gasteiger partial charge in [-0.1, -0.05) is 29.8 Å². The van der Waals surface area contributed by atoms with Gasteiger partial charge >= 0.3 is 0 Å².